The number of pyridine rings is 1. The smallest absolute Gasteiger partial charge is 0.254 e. The van der Waals surface area contributed by atoms with Crippen LogP contribution in [0.4, 0.5) is 0 Å². The molecule has 1 aliphatic rings. The van der Waals surface area contributed by atoms with Crippen LogP contribution < -0.4 is 5.32 Å². The van der Waals surface area contributed by atoms with E-state index >= 15 is 0 Å². The molecule has 1 N–H and O–H groups in total. The summed E-state index contributed by atoms with van der Waals surface area (Å²) < 4.78 is 0. The zero-order valence-corrected chi connectivity index (χ0v) is 12.2. The van der Waals surface area contributed by atoms with Gasteiger partial charge in [0.05, 0.1) is 5.56 Å². The summed E-state index contributed by atoms with van der Waals surface area (Å²) in [6.45, 7) is 2.59. The van der Waals surface area contributed by atoms with Crippen molar-refractivity contribution in [3.8, 4) is 0 Å². The minimum Gasteiger partial charge on any atom is -0.352 e. The normalized spacial score (nSPS) is 16.3. The van der Waals surface area contributed by atoms with Gasteiger partial charge in [-0.25, -0.2) is 4.98 Å². The predicted octanol–water partition coefficient (Wildman–Crippen LogP) is 3.74. The largest absolute Gasteiger partial charge is 0.352 e. The number of hydrogen-bond acceptors (Lipinski definition) is 2. The van der Waals surface area contributed by atoms with E-state index in [0.29, 0.717) is 5.56 Å². The van der Waals surface area contributed by atoms with Gasteiger partial charge in [-0.2, -0.15) is 0 Å². The minimum absolute atomic E-state index is 0.117. The van der Waals surface area contributed by atoms with Gasteiger partial charge in [0.2, 0.25) is 0 Å². The van der Waals surface area contributed by atoms with Crippen LogP contribution in [-0.2, 0) is 0 Å². The van der Waals surface area contributed by atoms with Crippen molar-refractivity contribution in [1.29, 1.82) is 0 Å². The Morgan fingerprint density at radius 1 is 1.37 bits per heavy atom. The fourth-order valence-corrected chi connectivity index (χ4v) is 2.94. The third-order valence-corrected chi connectivity index (χ3v) is 4.08. The second-order valence-electron chi connectivity index (χ2n) is 5.34. The van der Waals surface area contributed by atoms with Gasteiger partial charge in [0.1, 0.15) is 5.15 Å². The van der Waals surface area contributed by atoms with Crippen molar-refractivity contribution in [2.45, 2.75) is 45.4 Å². The number of carbonyl (C=O) groups excluding carboxylic acids is 1. The lowest BCUT2D eigenvalue weighted by Crippen LogP contribution is -2.26. The SMILES string of the molecule is Cc1ccc(C(=O)NCCC2CCCCC2)c(Cl)n1. The highest BCUT2D eigenvalue weighted by Gasteiger charge is 2.15. The molecule has 0 atom stereocenters. The van der Waals surface area contributed by atoms with E-state index in [1.807, 2.05) is 13.0 Å². The molecule has 1 aromatic heterocycles. The van der Waals surface area contributed by atoms with Crippen LogP contribution in [0.1, 0.15) is 54.6 Å². The van der Waals surface area contributed by atoms with Gasteiger partial charge in [-0.05, 0) is 31.4 Å². The molecule has 0 aromatic carbocycles. The maximum atomic E-state index is 12.0. The van der Waals surface area contributed by atoms with E-state index in [9.17, 15) is 4.79 Å². The van der Waals surface area contributed by atoms with E-state index in [1.165, 1.54) is 32.1 Å². The Morgan fingerprint density at radius 2 is 2.11 bits per heavy atom. The first-order chi connectivity index (χ1) is 9.16. The van der Waals surface area contributed by atoms with Gasteiger partial charge in [0.25, 0.3) is 5.91 Å². The van der Waals surface area contributed by atoms with Gasteiger partial charge < -0.3 is 5.32 Å². The summed E-state index contributed by atoms with van der Waals surface area (Å²) in [7, 11) is 0. The zero-order chi connectivity index (χ0) is 13.7. The molecule has 1 amide bonds. The van der Waals surface area contributed by atoms with E-state index in [-0.39, 0.29) is 11.1 Å². The third-order valence-electron chi connectivity index (χ3n) is 3.80. The first-order valence-electron chi connectivity index (χ1n) is 7.08. The van der Waals surface area contributed by atoms with Crippen molar-refractivity contribution in [2.75, 3.05) is 6.54 Å². The Hall–Kier alpha value is -1.09. The van der Waals surface area contributed by atoms with Crippen LogP contribution in [0.25, 0.3) is 0 Å². The quantitative estimate of drug-likeness (QED) is 0.854. The van der Waals surface area contributed by atoms with Crippen molar-refractivity contribution in [3.63, 3.8) is 0 Å². The average molecular weight is 281 g/mol. The molecular formula is C15H21ClN2O. The second kappa shape index (κ2) is 6.90. The Bertz CT molecular complexity index is 442. The molecule has 4 heteroatoms. The number of amides is 1. The molecule has 1 fully saturated rings. The summed E-state index contributed by atoms with van der Waals surface area (Å²) in [5.74, 6) is 0.661. The number of rotatable bonds is 4. The lowest BCUT2D eigenvalue weighted by Gasteiger charge is -2.21. The number of aromatic nitrogens is 1. The Labute approximate surface area is 119 Å². The number of halogens is 1. The third kappa shape index (κ3) is 4.20. The second-order valence-corrected chi connectivity index (χ2v) is 5.70. The molecule has 1 saturated carbocycles. The molecule has 0 radical (unpaired) electrons. The summed E-state index contributed by atoms with van der Waals surface area (Å²) in [6.07, 6.45) is 7.74. The van der Waals surface area contributed by atoms with Crippen molar-refractivity contribution in [1.82, 2.24) is 10.3 Å². The molecular weight excluding hydrogens is 260 g/mol. The monoisotopic (exact) mass is 280 g/mol. The first-order valence-corrected chi connectivity index (χ1v) is 7.46. The maximum Gasteiger partial charge on any atom is 0.254 e. The van der Waals surface area contributed by atoms with Crippen LogP contribution in [0, 0.1) is 12.8 Å². The maximum absolute atomic E-state index is 12.0. The lowest BCUT2D eigenvalue weighted by atomic mass is 9.87. The van der Waals surface area contributed by atoms with Crippen molar-refractivity contribution in [3.05, 3.63) is 28.5 Å². The molecule has 104 valence electrons. The molecule has 19 heavy (non-hydrogen) atoms. The summed E-state index contributed by atoms with van der Waals surface area (Å²) in [5.41, 5.74) is 1.29. The van der Waals surface area contributed by atoms with E-state index in [4.69, 9.17) is 11.6 Å². The Morgan fingerprint density at radius 3 is 2.79 bits per heavy atom. The number of aryl methyl sites for hydroxylation is 1. The van der Waals surface area contributed by atoms with E-state index < -0.39 is 0 Å². The molecule has 0 spiro atoms. The van der Waals surface area contributed by atoms with E-state index in [0.717, 1.165) is 24.6 Å². The molecule has 1 heterocycles. The number of hydrogen-bond donors (Lipinski definition) is 1. The summed E-state index contributed by atoms with van der Waals surface area (Å²) >= 11 is 5.98. The summed E-state index contributed by atoms with van der Waals surface area (Å²) in [4.78, 5) is 16.1. The van der Waals surface area contributed by atoms with Crippen LogP contribution in [0.2, 0.25) is 5.15 Å². The highest BCUT2D eigenvalue weighted by atomic mass is 35.5. The fourth-order valence-electron chi connectivity index (χ4n) is 2.66. The summed E-state index contributed by atoms with van der Waals surface area (Å²) in [5, 5.41) is 3.23. The molecule has 0 saturated heterocycles. The van der Waals surface area contributed by atoms with Crippen LogP contribution in [0.15, 0.2) is 12.1 Å². The standard InChI is InChI=1S/C15H21ClN2O/c1-11-7-8-13(14(16)18-11)15(19)17-10-9-12-5-3-2-4-6-12/h7-8,12H,2-6,9-10H2,1H3,(H,17,19). The highest BCUT2D eigenvalue weighted by molar-refractivity contribution is 6.32. The molecule has 2 rings (SSSR count). The average Bonchev–Trinajstić information content (AvgIpc) is 2.39. The molecule has 1 aliphatic carbocycles. The van der Waals surface area contributed by atoms with Gasteiger partial charge in [0, 0.05) is 12.2 Å². The van der Waals surface area contributed by atoms with Crippen LogP contribution in [0.5, 0.6) is 0 Å². The zero-order valence-electron chi connectivity index (χ0n) is 11.4. The van der Waals surface area contributed by atoms with Crippen LogP contribution in [-0.4, -0.2) is 17.4 Å². The van der Waals surface area contributed by atoms with Crippen LogP contribution >= 0.6 is 11.6 Å². The van der Waals surface area contributed by atoms with Crippen LogP contribution in [0.3, 0.4) is 0 Å². The highest BCUT2D eigenvalue weighted by Crippen LogP contribution is 2.25. The lowest BCUT2D eigenvalue weighted by molar-refractivity contribution is 0.0950. The van der Waals surface area contributed by atoms with Gasteiger partial charge in [-0.15, -0.1) is 0 Å². The Kier molecular flexibility index (Phi) is 5.20. The van der Waals surface area contributed by atoms with Crippen molar-refractivity contribution in [2.24, 2.45) is 5.92 Å². The minimum atomic E-state index is -0.117. The number of nitrogens with one attached hydrogen (secondary N) is 1. The van der Waals surface area contributed by atoms with Crippen molar-refractivity contribution >= 4 is 17.5 Å². The fraction of sp³-hybridized carbons (Fsp3) is 0.600. The number of carbonyl (C=O) groups is 1. The van der Waals surface area contributed by atoms with Crippen molar-refractivity contribution < 1.29 is 4.79 Å². The first kappa shape index (κ1) is 14.3. The van der Waals surface area contributed by atoms with Gasteiger partial charge in [-0.3, -0.25) is 4.79 Å². The van der Waals surface area contributed by atoms with Gasteiger partial charge in [0.15, 0.2) is 0 Å². The summed E-state index contributed by atoms with van der Waals surface area (Å²) in [6, 6.07) is 3.54. The Balaban J connectivity index is 1.80. The molecule has 3 nitrogen and oxygen atoms in total. The molecule has 0 bridgehead atoms. The van der Waals surface area contributed by atoms with E-state index in [1.54, 1.807) is 6.07 Å². The molecule has 1 aromatic rings. The van der Waals surface area contributed by atoms with Gasteiger partial charge >= 0.3 is 0 Å². The predicted molar refractivity (Wildman–Crippen MR) is 77.5 cm³/mol. The molecule has 0 aliphatic heterocycles. The van der Waals surface area contributed by atoms with E-state index in [2.05, 4.69) is 10.3 Å². The van der Waals surface area contributed by atoms with Gasteiger partial charge in [-0.1, -0.05) is 43.7 Å². The number of nitrogens with zero attached hydrogens (tertiary/aromatic N) is 1. The topological polar surface area (TPSA) is 42.0 Å². The molecule has 0 unspecified atom stereocenters.